The summed E-state index contributed by atoms with van der Waals surface area (Å²) in [7, 11) is 0. The first-order valence-electron chi connectivity index (χ1n) is 2.76. The van der Waals surface area contributed by atoms with Gasteiger partial charge in [-0.2, -0.15) is 0 Å². The minimum absolute atomic E-state index is 0. The normalized spacial score (nSPS) is 28.9. The molecule has 3 heteroatoms. The first-order chi connectivity index (χ1) is 3.39. The van der Waals surface area contributed by atoms with Crippen molar-refractivity contribution in [3.63, 3.8) is 0 Å². The van der Waals surface area contributed by atoms with Gasteiger partial charge in [0.2, 0.25) is 0 Å². The van der Waals surface area contributed by atoms with Crippen molar-refractivity contribution in [2.75, 3.05) is 13.1 Å². The molecule has 1 rings (SSSR count). The van der Waals surface area contributed by atoms with Crippen LogP contribution in [0.3, 0.4) is 0 Å². The van der Waals surface area contributed by atoms with E-state index in [1.807, 2.05) is 0 Å². The molecule has 42 valence electrons. The molecule has 1 aliphatic rings. The molecule has 0 aromatic rings. The SMILES string of the molecule is [K+].[O-]C1CCCNC1. The molecule has 0 aromatic carbocycles. The zero-order valence-corrected chi connectivity index (χ0v) is 8.44. The van der Waals surface area contributed by atoms with Gasteiger partial charge in [-0.05, 0) is 19.5 Å². The Morgan fingerprint density at radius 3 is 2.50 bits per heavy atom. The summed E-state index contributed by atoms with van der Waals surface area (Å²) in [5.41, 5.74) is 0. The Labute approximate surface area is 92.5 Å². The Kier molecular flexibility index (Phi) is 6.39. The minimum Gasteiger partial charge on any atom is -0.851 e. The number of hydrogen-bond acceptors (Lipinski definition) is 2. The molecule has 8 heavy (non-hydrogen) atoms. The van der Waals surface area contributed by atoms with Crippen LogP contribution < -0.4 is 61.8 Å². The molecule has 1 unspecified atom stereocenters. The number of nitrogens with one attached hydrogen (secondary N) is 1. The molecule has 0 amide bonds. The van der Waals surface area contributed by atoms with Crippen molar-refractivity contribution in [1.82, 2.24) is 5.32 Å². The van der Waals surface area contributed by atoms with Crippen molar-refractivity contribution in [1.29, 1.82) is 0 Å². The molecule has 1 aliphatic heterocycles. The standard InChI is InChI=1S/C5H10NO.K/c7-5-2-1-3-6-4-5;/h5-6H,1-4H2;/q-1;+1. The van der Waals surface area contributed by atoms with Crippen molar-refractivity contribution >= 4 is 0 Å². The predicted molar refractivity (Wildman–Crippen MR) is 25.9 cm³/mol. The van der Waals surface area contributed by atoms with Gasteiger partial charge >= 0.3 is 51.4 Å². The molecule has 0 bridgehead atoms. The second-order valence-electron chi connectivity index (χ2n) is 1.97. The van der Waals surface area contributed by atoms with Crippen LogP contribution in [0.25, 0.3) is 0 Å². The Morgan fingerprint density at radius 1 is 1.50 bits per heavy atom. The average molecular weight is 139 g/mol. The smallest absolute Gasteiger partial charge is 0.851 e. The van der Waals surface area contributed by atoms with E-state index < -0.39 is 0 Å². The van der Waals surface area contributed by atoms with Crippen LogP contribution >= 0.6 is 0 Å². The maximum atomic E-state index is 10.5. The first-order valence-corrected chi connectivity index (χ1v) is 2.76. The Morgan fingerprint density at radius 2 is 2.25 bits per heavy atom. The molecule has 1 saturated heterocycles. The quantitative estimate of drug-likeness (QED) is 0.348. The van der Waals surface area contributed by atoms with Crippen molar-refractivity contribution in [2.24, 2.45) is 0 Å². The van der Waals surface area contributed by atoms with E-state index in [0.29, 0.717) is 6.54 Å². The molecule has 1 N–H and O–H groups in total. The van der Waals surface area contributed by atoms with Crippen LogP contribution in [0.2, 0.25) is 0 Å². The zero-order valence-electron chi connectivity index (χ0n) is 5.31. The molecule has 1 heterocycles. The summed E-state index contributed by atoms with van der Waals surface area (Å²) >= 11 is 0. The van der Waals surface area contributed by atoms with E-state index >= 15 is 0 Å². The third kappa shape index (κ3) is 3.56. The Hall–Kier alpha value is 1.56. The summed E-state index contributed by atoms with van der Waals surface area (Å²) in [6.45, 7) is 1.72. The summed E-state index contributed by atoms with van der Waals surface area (Å²) < 4.78 is 0. The van der Waals surface area contributed by atoms with E-state index in [9.17, 15) is 5.11 Å². The van der Waals surface area contributed by atoms with E-state index in [2.05, 4.69) is 5.32 Å². The summed E-state index contributed by atoms with van der Waals surface area (Å²) in [6, 6.07) is 0. The van der Waals surface area contributed by atoms with Gasteiger partial charge in [-0.3, -0.25) is 0 Å². The molecule has 0 aliphatic carbocycles. The van der Waals surface area contributed by atoms with Crippen LogP contribution in [0.15, 0.2) is 0 Å². The molecule has 1 fully saturated rings. The van der Waals surface area contributed by atoms with E-state index in [1.54, 1.807) is 0 Å². The van der Waals surface area contributed by atoms with Gasteiger partial charge in [0.15, 0.2) is 0 Å². The van der Waals surface area contributed by atoms with E-state index in [1.165, 1.54) is 0 Å². The Balaban J connectivity index is 0.000000490. The summed E-state index contributed by atoms with van der Waals surface area (Å²) in [6.07, 6.45) is 1.61. The van der Waals surface area contributed by atoms with Crippen molar-refractivity contribution in [2.45, 2.75) is 18.9 Å². The molecule has 0 spiro atoms. The predicted octanol–water partition coefficient (Wildman–Crippen LogP) is -3.90. The summed E-state index contributed by atoms with van der Waals surface area (Å²) in [4.78, 5) is 0. The number of rotatable bonds is 0. The second kappa shape index (κ2) is 5.35. The molecule has 1 atom stereocenters. The van der Waals surface area contributed by atoms with Crippen LogP contribution in [0.4, 0.5) is 0 Å². The van der Waals surface area contributed by atoms with Gasteiger partial charge in [-0.1, -0.05) is 6.42 Å². The van der Waals surface area contributed by atoms with Crippen LogP contribution in [0, 0.1) is 0 Å². The molecule has 0 aromatic heterocycles. The molecule has 0 radical (unpaired) electrons. The second-order valence-corrected chi connectivity index (χ2v) is 1.97. The average Bonchev–Trinajstić information content (AvgIpc) is 1.69. The maximum absolute atomic E-state index is 10.5. The molecule has 0 saturated carbocycles. The fraction of sp³-hybridized carbons (Fsp3) is 1.00. The number of piperidine rings is 1. The van der Waals surface area contributed by atoms with Crippen LogP contribution in [0.5, 0.6) is 0 Å². The monoisotopic (exact) mass is 139 g/mol. The largest absolute Gasteiger partial charge is 1.00 e. The van der Waals surface area contributed by atoms with Gasteiger partial charge in [0.1, 0.15) is 0 Å². The van der Waals surface area contributed by atoms with Gasteiger partial charge in [0, 0.05) is 0 Å². The summed E-state index contributed by atoms with van der Waals surface area (Å²) in [5.74, 6) is 0. The van der Waals surface area contributed by atoms with Crippen molar-refractivity contribution < 1.29 is 56.5 Å². The van der Waals surface area contributed by atoms with Crippen LogP contribution in [0.1, 0.15) is 12.8 Å². The molecule has 2 nitrogen and oxygen atoms in total. The minimum atomic E-state index is -0.325. The zero-order chi connectivity index (χ0) is 5.11. The molecular formula is C5H10KNO. The van der Waals surface area contributed by atoms with Gasteiger partial charge in [-0.25, -0.2) is 0 Å². The maximum Gasteiger partial charge on any atom is 1.00 e. The topological polar surface area (TPSA) is 35.1 Å². The Bertz CT molecular complexity index is 54.4. The van der Waals surface area contributed by atoms with Gasteiger partial charge < -0.3 is 10.4 Å². The fourth-order valence-electron chi connectivity index (χ4n) is 0.820. The van der Waals surface area contributed by atoms with Gasteiger partial charge in [0.25, 0.3) is 0 Å². The third-order valence-electron chi connectivity index (χ3n) is 1.25. The number of hydrogen-bond donors (Lipinski definition) is 1. The van der Waals surface area contributed by atoms with E-state index in [0.717, 1.165) is 19.4 Å². The van der Waals surface area contributed by atoms with Gasteiger partial charge in [0.05, 0.1) is 0 Å². The van der Waals surface area contributed by atoms with Crippen molar-refractivity contribution in [3.8, 4) is 0 Å². The van der Waals surface area contributed by atoms with Gasteiger partial charge in [-0.15, -0.1) is 6.10 Å². The van der Waals surface area contributed by atoms with Crippen LogP contribution in [-0.4, -0.2) is 19.2 Å². The summed E-state index contributed by atoms with van der Waals surface area (Å²) in [5, 5.41) is 13.5. The van der Waals surface area contributed by atoms with Crippen molar-refractivity contribution in [3.05, 3.63) is 0 Å². The fourth-order valence-corrected chi connectivity index (χ4v) is 0.820. The molecular weight excluding hydrogens is 129 g/mol. The van der Waals surface area contributed by atoms with Crippen LogP contribution in [-0.2, 0) is 0 Å². The van der Waals surface area contributed by atoms with E-state index in [4.69, 9.17) is 0 Å². The third-order valence-corrected chi connectivity index (χ3v) is 1.25. The first kappa shape index (κ1) is 9.56. The van der Waals surface area contributed by atoms with E-state index in [-0.39, 0.29) is 57.5 Å².